The monoisotopic (exact) mass is 533 g/mol. The van der Waals surface area contributed by atoms with Gasteiger partial charge in [0.25, 0.3) is 0 Å². The summed E-state index contributed by atoms with van der Waals surface area (Å²) >= 11 is 0. The molecule has 1 aliphatic heterocycles. The summed E-state index contributed by atoms with van der Waals surface area (Å²) in [5.41, 5.74) is 2.51. The van der Waals surface area contributed by atoms with Gasteiger partial charge in [-0.3, -0.25) is 0 Å². The smallest absolute Gasteiger partial charge is 0.243 e. The van der Waals surface area contributed by atoms with Crippen LogP contribution in [0.15, 0.2) is 70.5 Å². The van der Waals surface area contributed by atoms with Crippen LogP contribution in [-0.4, -0.2) is 75.7 Å². The van der Waals surface area contributed by atoms with Gasteiger partial charge in [0, 0.05) is 32.2 Å². The lowest BCUT2D eigenvalue weighted by atomic mass is 10.2. The van der Waals surface area contributed by atoms with Crippen molar-refractivity contribution in [1.29, 1.82) is 0 Å². The molecule has 36 heavy (non-hydrogen) atoms. The van der Waals surface area contributed by atoms with E-state index < -0.39 is 20.0 Å². The lowest BCUT2D eigenvalue weighted by Crippen LogP contribution is -2.42. The molecule has 2 aromatic rings. The van der Waals surface area contributed by atoms with Crippen LogP contribution in [0, 0.1) is 13.8 Å². The zero-order valence-corrected chi connectivity index (χ0v) is 23.5. The maximum Gasteiger partial charge on any atom is 0.243 e. The van der Waals surface area contributed by atoms with E-state index in [2.05, 4.69) is 25.3 Å². The van der Waals surface area contributed by atoms with Crippen molar-refractivity contribution in [2.75, 3.05) is 39.3 Å². The van der Waals surface area contributed by atoms with E-state index in [1.807, 2.05) is 13.8 Å². The van der Waals surface area contributed by atoms with Gasteiger partial charge < -0.3 is 4.90 Å². The first kappa shape index (κ1) is 28.5. The Bertz CT molecular complexity index is 1150. The zero-order chi connectivity index (χ0) is 26.5. The standard InChI is InChI=1S/C27H39N3O4S2/c1-22(2)28-16-6-18-29(35(31,32)26-12-8-23(3)9-13-26)20-25(5)21-30(19-7-17-28)36(33,34)27-14-10-24(4)11-15-27/h8-15,22H,5-7,16-21H2,1-4H3. The average molecular weight is 534 g/mol. The quantitative estimate of drug-likeness (QED) is 0.542. The highest BCUT2D eigenvalue weighted by Gasteiger charge is 2.29. The van der Waals surface area contributed by atoms with Gasteiger partial charge in [0.05, 0.1) is 9.79 Å². The van der Waals surface area contributed by atoms with Crippen LogP contribution in [-0.2, 0) is 20.0 Å². The second-order valence-electron chi connectivity index (χ2n) is 9.89. The number of hydrogen-bond donors (Lipinski definition) is 0. The summed E-state index contributed by atoms with van der Waals surface area (Å²) in [6.45, 7) is 14.4. The van der Waals surface area contributed by atoms with Gasteiger partial charge in [-0.05, 0) is 83.5 Å². The predicted molar refractivity (Wildman–Crippen MR) is 145 cm³/mol. The fourth-order valence-electron chi connectivity index (χ4n) is 4.36. The van der Waals surface area contributed by atoms with Crippen LogP contribution in [0.5, 0.6) is 0 Å². The van der Waals surface area contributed by atoms with Gasteiger partial charge in [-0.2, -0.15) is 8.61 Å². The van der Waals surface area contributed by atoms with Crippen LogP contribution in [0.3, 0.4) is 0 Å². The summed E-state index contributed by atoms with van der Waals surface area (Å²) in [5.74, 6) is 0. The maximum absolute atomic E-state index is 13.5. The van der Waals surface area contributed by atoms with Crippen molar-refractivity contribution in [3.63, 3.8) is 0 Å². The molecule has 0 saturated carbocycles. The molecule has 9 heteroatoms. The number of benzene rings is 2. The third-order valence-corrected chi connectivity index (χ3v) is 10.3. The fourth-order valence-corrected chi connectivity index (χ4v) is 7.36. The van der Waals surface area contributed by atoms with E-state index in [0.29, 0.717) is 31.5 Å². The third kappa shape index (κ3) is 7.04. The van der Waals surface area contributed by atoms with Crippen molar-refractivity contribution >= 4 is 20.0 Å². The Morgan fingerprint density at radius 2 is 1.03 bits per heavy atom. The van der Waals surface area contributed by atoms with Crippen LogP contribution in [0.2, 0.25) is 0 Å². The van der Waals surface area contributed by atoms with Crippen LogP contribution in [0.25, 0.3) is 0 Å². The van der Waals surface area contributed by atoms with Gasteiger partial charge >= 0.3 is 0 Å². The summed E-state index contributed by atoms with van der Waals surface area (Å²) in [7, 11) is -7.52. The van der Waals surface area contributed by atoms with Gasteiger partial charge in [-0.1, -0.05) is 42.0 Å². The first-order chi connectivity index (χ1) is 16.9. The van der Waals surface area contributed by atoms with Crippen LogP contribution < -0.4 is 0 Å². The summed E-state index contributed by atoms with van der Waals surface area (Å²) in [4.78, 5) is 2.75. The molecule has 1 saturated heterocycles. The molecule has 0 spiro atoms. The van der Waals surface area contributed by atoms with Gasteiger partial charge in [-0.25, -0.2) is 16.8 Å². The topological polar surface area (TPSA) is 78.0 Å². The molecule has 1 aliphatic rings. The van der Waals surface area contributed by atoms with E-state index in [-0.39, 0.29) is 28.9 Å². The second kappa shape index (κ2) is 12.0. The lowest BCUT2D eigenvalue weighted by Gasteiger charge is -2.32. The molecular formula is C27H39N3O4S2. The van der Waals surface area contributed by atoms with Crippen LogP contribution in [0.4, 0.5) is 0 Å². The lowest BCUT2D eigenvalue weighted by molar-refractivity contribution is 0.203. The summed E-state index contributed by atoms with van der Waals surface area (Å²) < 4.78 is 57.1. The molecule has 0 unspecified atom stereocenters. The molecule has 1 heterocycles. The largest absolute Gasteiger partial charge is 0.301 e. The minimum atomic E-state index is -3.76. The van der Waals surface area contributed by atoms with Crippen molar-refractivity contribution in [1.82, 2.24) is 13.5 Å². The first-order valence-electron chi connectivity index (χ1n) is 12.5. The molecule has 0 aromatic heterocycles. The minimum Gasteiger partial charge on any atom is -0.301 e. The molecular weight excluding hydrogens is 494 g/mol. The zero-order valence-electron chi connectivity index (χ0n) is 21.9. The van der Waals surface area contributed by atoms with Gasteiger partial charge in [-0.15, -0.1) is 0 Å². The van der Waals surface area contributed by atoms with E-state index in [1.165, 1.54) is 8.61 Å². The van der Waals surface area contributed by atoms with Gasteiger partial charge in [0.1, 0.15) is 0 Å². The van der Waals surface area contributed by atoms with Crippen molar-refractivity contribution in [3.8, 4) is 0 Å². The molecule has 0 radical (unpaired) electrons. The van der Waals surface area contributed by atoms with E-state index in [9.17, 15) is 16.8 Å². The average Bonchev–Trinajstić information content (AvgIpc) is 2.81. The summed E-state index contributed by atoms with van der Waals surface area (Å²) in [6.07, 6.45) is 1.36. The minimum absolute atomic E-state index is 0.0673. The van der Waals surface area contributed by atoms with E-state index >= 15 is 0 Å². The number of aryl methyl sites for hydroxylation is 2. The predicted octanol–water partition coefficient (Wildman–Crippen LogP) is 4.05. The number of hydrogen-bond acceptors (Lipinski definition) is 5. The number of sulfonamides is 2. The van der Waals surface area contributed by atoms with Crippen LogP contribution >= 0.6 is 0 Å². The molecule has 0 N–H and O–H groups in total. The fraction of sp³-hybridized carbons (Fsp3) is 0.481. The molecule has 0 atom stereocenters. The van der Waals surface area contributed by atoms with Crippen molar-refractivity contribution < 1.29 is 16.8 Å². The first-order valence-corrected chi connectivity index (χ1v) is 15.3. The maximum atomic E-state index is 13.5. The van der Waals surface area contributed by atoms with E-state index in [1.54, 1.807) is 48.5 Å². The molecule has 0 aliphatic carbocycles. The number of rotatable bonds is 5. The molecule has 0 amide bonds. The van der Waals surface area contributed by atoms with Crippen molar-refractivity contribution in [2.45, 2.75) is 56.4 Å². The summed E-state index contributed by atoms with van der Waals surface area (Å²) in [6, 6.07) is 13.9. The molecule has 0 bridgehead atoms. The molecule has 3 rings (SSSR count). The Hall–Kier alpha value is -2.04. The highest BCUT2D eigenvalue weighted by molar-refractivity contribution is 7.89. The Balaban J connectivity index is 1.93. The Labute approximate surface area is 217 Å². The summed E-state index contributed by atoms with van der Waals surface area (Å²) in [5, 5.41) is 0. The third-order valence-electron chi connectivity index (χ3n) is 6.55. The van der Waals surface area contributed by atoms with Crippen LogP contribution in [0.1, 0.15) is 37.8 Å². The Morgan fingerprint density at radius 1 is 0.667 bits per heavy atom. The highest BCUT2D eigenvalue weighted by Crippen LogP contribution is 2.22. The Kier molecular flexibility index (Phi) is 9.51. The molecule has 7 nitrogen and oxygen atoms in total. The van der Waals surface area contributed by atoms with E-state index in [0.717, 1.165) is 24.2 Å². The van der Waals surface area contributed by atoms with E-state index in [4.69, 9.17) is 0 Å². The molecule has 198 valence electrons. The normalized spacial score (nSPS) is 18.6. The van der Waals surface area contributed by atoms with Crippen molar-refractivity contribution in [3.05, 3.63) is 71.8 Å². The van der Waals surface area contributed by atoms with Crippen molar-refractivity contribution in [2.24, 2.45) is 0 Å². The van der Waals surface area contributed by atoms with Gasteiger partial charge in [0.15, 0.2) is 0 Å². The highest BCUT2D eigenvalue weighted by atomic mass is 32.2. The Morgan fingerprint density at radius 3 is 1.36 bits per heavy atom. The number of nitrogens with zero attached hydrogens (tertiary/aromatic N) is 3. The molecule has 2 aromatic carbocycles. The SMILES string of the molecule is C=C1CN(S(=O)(=O)c2ccc(C)cc2)CCCN(C(C)C)CCCN(S(=O)(=O)c2ccc(C)cc2)C1. The second-order valence-corrected chi connectivity index (χ2v) is 13.8. The molecule has 1 fully saturated rings. The van der Waals surface area contributed by atoms with Gasteiger partial charge in [0.2, 0.25) is 20.0 Å².